The summed E-state index contributed by atoms with van der Waals surface area (Å²) in [5.41, 5.74) is 7.02. The first-order valence-electron chi connectivity index (χ1n) is 21.9. The van der Waals surface area contributed by atoms with E-state index >= 15 is 0 Å². The van der Waals surface area contributed by atoms with E-state index < -0.39 is 24.1 Å². The summed E-state index contributed by atoms with van der Waals surface area (Å²) in [6.07, 6.45) is 47.7. The summed E-state index contributed by atoms with van der Waals surface area (Å²) in [5, 5.41) is 61.1. The Balaban J connectivity index is -0.000000849. The van der Waals surface area contributed by atoms with Crippen LogP contribution in [0.15, 0.2) is 122 Å². The molecule has 0 bridgehead atoms. The van der Waals surface area contributed by atoms with Crippen LogP contribution in [0.2, 0.25) is 0 Å². The maximum Gasteiger partial charge on any atom is 0.277 e. The third kappa shape index (κ3) is 51.6. The van der Waals surface area contributed by atoms with Gasteiger partial charge in [0.2, 0.25) is 0 Å². The summed E-state index contributed by atoms with van der Waals surface area (Å²) in [5.74, 6) is -2.28. The van der Waals surface area contributed by atoms with Crippen LogP contribution in [0.4, 0.5) is 0 Å². The number of rotatable bonds is 32. The van der Waals surface area contributed by atoms with Crippen LogP contribution < -0.4 is 27.0 Å². The first-order valence-corrected chi connectivity index (χ1v) is 21.9. The molecule has 0 fully saturated rings. The Kier molecular flexibility index (Phi) is 46.5. The third-order valence-corrected chi connectivity index (χ3v) is 8.37. The molecule has 0 aromatic rings. The maximum atomic E-state index is 11.1. The second-order valence-corrected chi connectivity index (χ2v) is 14.3. The van der Waals surface area contributed by atoms with E-state index in [9.17, 15) is 45.0 Å². The molecule has 0 heterocycles. The number of carbonyl (C=O) groups is 3. The number of aliphatic carboxylic acids is 2. The van der Waals surface area contributed by atoms with Crippen LogP contribution in [0, 0.1) is 0 Å². The number of aliphatic hydroxyl groups excluding tert-OH is 4. The molecule has 0 aliphatic carbocycles. The molecular weight excluding hydrogens is 775 g/mol. The van der Waals surface area contributed by atoms with Gasteiger partial charge >= 0.3 is 0 Å². The molecule has 0 unspecified atom stereocenters. The molecule has 6 atom stereocenters. The molecule has 0 spiro atoms. The number of amides is 1. The fourth-order valence-electron chi connectivity index (χ4n) is 4.45. The van der Waals surface area contributed by atoms with Gasteiger partial charge in [-0.25, -0.2) is 0 Å². The van der Waals surface area contributed by atoms with Crippen LogP contribution in [0.25, 0.3) is 0 Å². The van der Waals surface area contributed by atoms with E-state index in [-0.39, 0.29) is 36.7 Å². The van der Waals surface area contributed by atoms with Crippen LogP contribution in [0.5, 0.6) is 0 Å². The summed E-state index contributed by atoms with van der Waals surface area (Å²) in [4.78, 5) is 31.6. The van der Waals surface area contributed by atoms with E-state index in [1.54, 1.807) is 31.2 Å². The van der Waals surface area contributed by atoms with Crippen molar-refractivity contribution in [3.05, 3.63) is 122 Å². The highest BCUT2D eigenvalue weighted by atomic mass is 16.4. The predicted octanol–water partition coefficient (Wildman–Crippen LogP) is 3.73. The number of allylic oxidation sites excluding steroid dienone is 16. The number of hydrogen-bond acceptors (Lipinski definition) is 9. The largest absolute Gasteiger partial charge is 0.550 e. The summed E-state index contributed by atoms with van der Waals surface area (Å²) < 4.78 is 0. The van der Waals surface area contributed by atoms with Crippen LogP contribution in [-0.4, -0.2) is 81.3 Å². The van der Waals surface area contributed by atoms with Gasteiger partial charge in [0.25, 0.3) is 5.91 Å². The number of carboxylic acids is 2. The van der Waals surface area contributed by atoms with Gasteiger partial charge < -0.3 is 57.0 Å². The van der Waals surface area contributed by atoms with Crippen molar-refractivity contribution in [2.75, 3.05) is 6.54 Å². The Morgan fingerprint density at radius 3 is 1.28 bits per heavy atom. The normalized spacial score (nSPS) is 15.4. The zero-order chi connectivity index (χ0) is 46.4. The molecular formula is C49H81N3O9. The number of quaternary nitrogens is 2. The Morgan fingerprint density at radius 2 is 0.934 bits per heavy atom. The van der Waals surface area contributed by atoms with Gasteiger partial charge in [-0.15, -0.1) is 0 Å². The van der Waals surface area contributed by atoms with Gasteiger partial charge in [-0.1, -0.05) is 155 Å². The van der Waals surface area contributed by atoms with Gasteiger partial charge in [-0.05, 0) is 84.0 Å². The highest BCUT2D eigenvalue weighted by Crippen LogP contribution is 2.03. The van der Waals surface area contributed by atoms with Gasteiger partial charge in [0.1, 0.15) is 6.04 Å². The lowest BCUT2D eigenvalue weighted by Crippen LogP contribution is -2.68. The number of unbranched alkanes of at least 4 members (excludes halogenated alkanes) is 2. The van der Waals surface area contributed by atoms with E-state index in [1.165, 1.54) is 0 Å². The summed E-state index contributed by atoms with van der Waals surface area (Å²) in [6, 6.07) is -0.915. The second kappa shape index (κ2) is 46.6. The smallest absolute Gasteiger partial charge is 0.277 e. The molecule has 0 aliphatic heterocycles. The number of nitrogens with one attached hydrogen (secondary N) is 1. The standard InChI is InChI=1S/C20H30O4.C20H32O2.C9H19N3O3/c1-2-18(21)14-11-9-7-5-3-4-6-8-10-12-15-19(22)16-13-17-20(23)24;1-3-5-16-20(22)18-15-13-11-9-7-6-8-10-12-14-17-19(21)4-2;1-6(10)8(13)12-5-3-2-4-7(11)9(14)15/h3-4,7-12,14-15,18-19,21-22H,2,5-6,13,16-17H2,1H3,(H,23,24);6-7,10-15,17-22H,3-5,8-9,16H2,1-2H3;6-7H,2-5,10-11H2,1H3,(H,12,13)(H,14,15)/b4-3-,9-7-,10-8-,14-11+,15-12+;7-6-,12-10-,13-11-,17-14+,18-15+;/t18-,19+;19-,20-;6-,7-/m000/s1. The molecule has 11 N–H and O–H groups in total. The maximum absolute atomic E-state index is 11.1. The summed E-state index contributed by atoms with van der Waals surface area (Å²) >= 11 is 0. The molecule has 0 radical (unpaired) electrons. The van der Waals surface area contributed by atoms with E-state index in [1.807, 2.05) is 74.6 Å². The van der Waals surface area contributed by atoms with Crippen LogP contribution in [-0.2, 0) is 14.4 Å². The van der Waals surface area contributed by atoms with Crippen molar-refractivity contribution in [2.24, 2.45) is 0 Å². The number of carbonyl (C=O) groups excluding carboxylic acids is 3. The number of aliphatic hydroxyl groups is 4. The minimum atomic E-state index is -1.12. The van der Waals surface area contributed by atoms with Gasteiger partial charge in [-0.3, -0.25) is 4.79 Å². The highest BCUT2D eigenvalue weighted by Gasteiger charge is 2.10. The Morgan fingerprint density at radius 1 is 0.541 bits per heavy atom. The molecule has 1 amide bonds. The molecule has 12 nitrogen and oxygen atoms in total. The van der Waals surface area contributed by atoms with Gasteiger partial charge in [0.15, 0.2) is 6.04 Å². The third-order valence-electron chi connectivity index (χ3n) is 8.37. The van der Waals surface area contributed by atoms with Crippen molar-refractivity contribution >= 4 is 17.8 Å². The zero-order valence-corrected chi connectivity index (χ0v) is 37.6. The predicted molar refractivity (Wildman–Crippen MR) is 244 cm³/mol. The van der Waals surface area contributed by atoms with Crippen LogP contribution >= 0.6 is 0 Å². The lowest BCUT2D eigenvalue weighted by Gasteiger charge is -2.09. The SMILES string of the molecule is CCCC[C@H](O)/C=C/C=C\C/C=C\C/C=C\C=C\[C@@H](O)CC.CC[C@H](O)/C=C/C=C\C/C=C\C/C=C\C=C\[C@@H](O)CCCC(=O)[O-].C[C@H]([NH3+])C(=O)NCCCC[C@H]([NH3+])C(=O)[O-]. The van der Waals surface area contributed by atoms with Crippen molar-refractivity contribution < 1.29 is 56.5 Å². The monoisotopic (exact) mass is 856 g/mol. The van der Waals surface area contributed by atoms with Crippen molar-refractivity contribution in [2.45, 2.75) is 161 Å². The topological polar surface area (TPSA) is 246 Å². The van der Waals surface area contributed by atoms with E-state index in [0.717, 1.165) is 64.2 Å². The molecule has 346 valence electrons. The lowest BCUT2D eigenvalue weighted by molar-refractivity contribution is -0.438. The fourth-order valence-corrected chi connectivity index (χ4v) is 4.45. The van der Waals surface area contributed by atoms with Gasteiger partial charge in [-0.2, -0.15) is 0 Å². The van der Waals surface area contributed by atoms with Crippen molar-refractivity contribution in [3.63, 3.8) is 0 Å². The molecule has 0 saturated heterocycles. The summed E-state index contributed by atoms with van der Waals surface area (Å²) in [7, 11) is 0. The first-order chi connectivity index (χ1) is 29.2. The molecule has 0 rings (SSSR count). The quantitative estimate of drug-likeness (QED) is 0.0296. The Labute approximate surface area is 367 Å². The van der Waals surface area contributed by atoms with E-state index in [2.05, 4.69) is 60.2 Å². The molecule has 61 heavy (non-hydrogen) atoms. The van der Waals surface area contributed by atoms with E-state index in [4.69, 9.17) is 0 Å². The first kappa shape index (κ1) is 60.9. The molecule has 0 aliphatic rings. The van der Waals surface area contributed by atoms with Crippen LogP contribution in [0.1, 0.15) is 124 Å². The molecule has 0 aromatic carbocycles. The minimum absolute atomic E-state index is 0.0189. The summed E-state index contributed by atoms with van der Waals surface area (Å²) in [6.45, 7) is 8.29. The lowest BCUT2D eigenvalue weighted by atomic mass is 10.1. The number of carboxylic acid groups (broad SMARTS) is 2. The second-order valence-electron chi connectivity index (χ2n) is 14.3. The number of hydrogen-bond donors (Lipinski definition) is 7. The van der Waals surface area contributed by atoms with Gasteiger partial charge in [0, 0.05) is 18.9 Å². The Hall–Kier alpha value is -4.43. The Bertz CT molecular complexity index is 1380. The average Bonchev–Trinajstić information content (AvgIpc) is 3.23. The molecule has 12 heteroatoms. The van der Waals surface area contributed by atoms with Crippen molar-refractivity contribution in [3.8, 4) is 0 Å². The average molecular weight is 856 g/mol. The van der Waals surface area contributed by atoms with E-state index in [0.29, 0.717) is 32.2 Å². The molecule has 0 aromatic heterocycles. The molecule has 0 saturated carbocycles. The minimum Gasteiger partial charge on any atom is -0.550 e. The van der Waals surface area contributed by atoms with Crippen molar-refractivity contribution in [1.82, 2.24) is 5.32 Å². The zero-order valence-electron chi connectivity index (χ0n) is 37.6. The fraction of sp³-hybridized carbons (Fsp3) is 0.531. The van der Waals surface area contributed by atoms with Crippen molar-refractivity contribution in [1.29, 1.82) is 0 Å². The van der Waals surface area contributed by atoms with Crippen LogP contribution in [0.3, 0.4) is 0 Å². The highest BCUT2D eigenvalue weighted by molar-refractivity contribution is 5.79. The van der Waals surface area contributed by atoms with Gasteiger partial charge in [0.05, 0.1) is 30.4 Å².